The summed E-state index contributed by atoms with van der Waals surface area (Å²) < 4.78 is 5.52. The van der Waals surface area contributed by atoms with Crippen LogP contribution in [-0.4, -0.2) is 21.8 Å². The van der Waals surface area contributed by atoms with Gasteiger partial charge in [0.05, 0.1) is 0 Å². The van der Waals surface area contributed by atoms with Crippen molar-refractivity contribution in [2.45, 2.75) is 26.5 Å². The third kappa shape index (κ3) is 1.87. The van der Waals surface area contributed by atoms with E-state index in [4.69, 9.17) is 16.3 Å². The standard InChI is InChI=1S/C9H11ClN4O/c1-6-13-14(9(2,3)15-6)8-5-4-7(10)11-12-8/h4-5H,1-3H3. The molecule has 1 aromatic rings. The topological polar surface area (TPSA) is 50.6 Å². The van der Waals surface area contributed by atoms with Gasteiger partial charge in [-0.15, -0.1) is 15.3 Å². The molecule has 0 N–H and O–H groups in total. The van der Waals surface area contributed by atoms with Crippen LogP contribution < -0.4 is 5.01 Å². The molecule has 0 atom stereocenters. The Morgan fingerprint density at radius 2 is 2.07 bits per heavy atom. The fourth-order valence-electron chi connectivity index (χ4n) is 1.44. The Morgan fingerprint density at radius 1 is 1.33 bits per heavy atom. The van der Waals surface area contributed by atoms with Gasteiger partial charge in [-0.3, -0.25) is 0 Å². The minimum Gasteiger partial charge on any atom is -0.452 e. The van der Waals surface area contributed by atoms with Crippen molar-refractivity contribution in [3.63, 3.8) is 0 Å². The summed E-state index contributed by atoms with van der Waals surface area (Å²) in [6.45, 7) is 5.61. The van der Waals surface area contributed by atoms with Gasteiger partial charge in [-0.2, -0.15) is 0 Å². The SMILES string of the molecule is CC1=NN(c2ccc(Cl)nn2)C(C)(C)O1. The first-order valence-electron chi connectivity index (χ1n) is 4.53. The summed E-state index contributed by atoms with van der Waals surface area (Å²) >= 11 is 5.66. The lowest BCUT2D eigenvalue weighted by atomic mass is 10.3. The predicted octanol–water partition coefficient (Wildman–Crippen LogP) is 2.04. The number of hydrazone groups is 1. The first kappa shape index (κ1) is 10.2. The van der Waals surface area contributed by atoms with Gasteiger partial charge in [-0.1, -0.05) is 11.6 Å². The van der Waals surface area contributed by atoms with Crippen LogP contribution in [-0.2, 0) is 4.74 Å². The summed E-state index contributed by atoms with van der Waals surface area (Å²) in [5, 5.41) is 14.0. The molecular weight excluding hydrogens is 216 g/mol. The van der Waals surface area contributed by atoms with Crippen LogP contribution in [0.3, 0.4) is 0 Å². The molecule has 2 rings (SSSR count). The number of nitrogens with zero attached hydrogens (tertiary/aromatic N) is 4. The number of rotatable bonds is 1. The van der Waals surface area contributed by atoms with Crippen molar-refractivity contribution in [2.24, 2.45) is 5.10 Å². The molecule has 0 saturated carbocycles. The van der Waals surface area contributed by atoms with E-state index in [9.17, 15) is 0 Å². The molecule has 0 bridgehead atoms. The zero-order valence-electron chi connectivity index (χ0n) is 8.73. The highest BCUT2D eigenvalue weighted by atomic mass is 35.5. The van der Waals surface area contributed by atoms with Crippen LogP contribution in [0, 0.1) is 0 Å². The highest BCUT2D eigenvalue weighted by molar-refractivity contribution is 6.29. The van der Waals surface area contributed by atoms with Crippen molar-refractivity contribution in [1.29, 1.82) is 0 Å². The van der Waals surface area contributed by atoms with Gasteiger partial charge in [0.15, 0.2) is 16.7 Å². The number of ether oxygens (including phenoxy) is 1. The molecule has 6 heteroatoms. The van der Waals surface area contributed by atoms with Crippen molar-refractivity contribution in [2.75, 3.05) is 5.01 Å². The maximum absolute atomic E-state index is 5.66. The molecule has 1 aliphatic heterocycles. The summed E-state index contributed by atoms with van der Waals surface area (Å²) in [6.07, 6.45) is 0. The van der Waals surface area contributed by atoms with Gasteiger partial charge < -0.3 is 4.74 Å². The Kier molecular flexibility index (Phi) is 2.26. The van der Waals surface area contributed by atoms with E-state index in [0.29, 0.717) is 16.9 Å². The molecule has 0 fully saturated rings. The highest BCUT2D eigenvalue weighted by Gasteiger charge is 2.36. The van der Waals surface area contributed by atoms with Crippen LogP contribution in [0.25, 0.3) is 0 Å². The van der Waals surface area contributed by atoms with Gasteiger partial charge >= 0.3 is 0 Å². The molecule has 0 saturated heterocycles. The van der Waals surface area contributed by atoms with E-state index in [1.807, 2.05) is 13.8 Å². The normalized spacial score (nSPS) is 18.7. The molecule has 0 aromatic carbocycles. The fourth-order valence-corrected chi connectivity index (χ4v) is 1.54. The zero-order valence-corrected chi connectivity index (χ0v) is 9.49. The summed E-state index contributed by atoms with van der Waals surface area (Å²) in [5.74, 6) is 1.22. The van der Waals surface area contributed by atoms with E-state index < -0.39 is 5.72 Å². The first-order valence-corrected chi connectivity index (χ1v) is 4.90. The van der Waals surface area contributed by atoms with Gasteiger partial charge in [0.1, 0.15) is 0 Å². The van der Waals surface area contributed by atoms with Crippen molar-refractivity contribution in [3.05, 3.63) is 17.3 Å². The Balaban J connectivity index is 2.35. The molecule has 1 aliphatic rings. The fraction of sp³-hybridized carbons (Fsp3) is 0.444. The molecule has 0 unspecified atom stereocenters. The van der Waals surface area contributed by atoms with Crippen molar-refractivity contribution < 1.29 is 4.74 Å². The lowest BCUT2D eigenvalue weighted by Crippen LogP contribution is -2.38. The van der Waals surface area contributed by atoms with Gasteiger partial charge in [-0.25, -0.2) is 5.01 Å². The molecule has 0 radical (unpaired) electrons. The quantitative estimate of drug-likeness (QED) is 0.735. The van der Waals surface area contributed by atoms with Crippen molar-refractivity contribution >= 4 is 23.3 Å². The molecule has 0 amide bonds. The number of halogens is 1. The van der Waals surface area contributed by atoms with Gasteiger partial charge in [0, 0.05) is 6.92 Å². The summed E-state index contributed by atoms with van der Waals surface area (Å²) in [6, 6.07) is 3.42. The number of aromatic nitrogens is 2. The van der Waals surface area contributed by atoms with Gasteiger partial charge in [-0.05, 0) is 26.0 Å². The summed E-state index contributed by atoms with van der Waals surface area (Å²) in [4.78, 5) is 0. The Bertz CT molecular complexity index is 401. The second kappa shape index (κ2) is 3.34. The molecule has 5 nitrogen and oxygen atoms in total. The molecule has 15 heavy (non-hydrogen) atoms. The van der Waals surface area contributed by atoms with Gasteiger partial charge in [0.2, 0.25) is 5.90 Å². The lowest BCUT2D eigenvalue weighted by Gasteiger charge is -2.27. The van der Waals surface area contributed by atoms with Crippen molar-refractivity contribution in [1.82, 2.24) is 10.2 Å². The van der Waals surface area contributed by atoms with Crippen LogP contribution in [0.15, 0.2) is 17.2 Å². The van der Waals surface area contributed by atoms with Crippen LogP contribution >= 0.6 is 11.6 Å². The lowest BCUT2D eigenvalue weighted by molar-refractivity contribution is 0.116. The third-order valence-electron chi connectivity index (χ3n) is 1.98. The summed E-state index contributed by atoms with van der Waals surface area (Å²) in [7, 11) is 0. The van der Waals surface area contributed by atoms with Crippen LogP contribution in [0.5, 0.6) is 0 Å². The third-order valence-corrected chi connectivity index (χ3v) is 2.18. The zero-order chi connectivity index (χ0) is 11.1. The van der Waals surface area contributed by atoms with Crippen LogP contribution in [0.1, 0.15) is 20.8 Å². The molecular formula is C9H11ClN4O. The highest BCUT2D eigenvalue weighted by Crippen LogP contribution is 2.28. The number of hydrogen-bond donors (Lipinski definition) is 0. The average molecular weight is 227 g/mol. The smallest absolute Gasteiger partial charge is 0.205 e. The maximum atomic E-state index is 5.66. The largest absolute Gasteiger partial charge is 0.452 e. The van der Waals surface area contributed by atoms with E-state index >= 15 is 0 Å². The van der Waals surface area contributed by atoms with Crippen LogP contribution in [0.4, 0.5) is 5.82 Å². The van der Waals surface area contributed by atoms with E-state index in [0.717, 1.165) is 0 Å². The van der Waals surface area contributed by atoms with Crippen molar-refractivity contribution in [3.8, 4) is 0 Å². The minimum absolute atomic E-state index is 0.359. The van der Waals surface area contributed by atoms with E-state index in [-0.39, 0.29) is 0 Å². The van der Waals surface area contributed by atoms with E-state index in [2.05, 4.69) is 15.3 Å². The summed E-state index contributed by atoms with van der Waals surface area (Å²) in [5.41, 5.74) is -0.535. The minimum atomic E-state index is -0.535. The molecule has 1 aromatic heterocycles. The number of hydrogen-bond acceptors (Lipinski definition) is 5. The van der Waals surface area contributed by atoms with E-state index in [1.165, 1.54) is 0 Å². The second-order valence-corrected chi connectivity index (χ2v) is 4.08. The molecule has 80 valence electrons. The van der Waals surface area contributed by atoms with E-state index in [1.54, 1.807) is 24.1 Å². The molecule has 0 spiro atoms. The predicted molar refractivity (Wildman–Crippen MR) is 57.8 cm³/mol. The number of anilines is 1. The first-order chi connectivity index (χ1) is 6.99. The Labute approximate surface area is 92.7 Å². The van der Waals surface area contributed by atoms with Crippen LogP contribution in [0.2, 0.25) is 5.15 Å². The average Bonchev–Trinajstić information content (AvgIpc) is 2.41. The van der Waals surface area contributed by atoms with Gasteiger partial charge in [0.25, 0.3) is 0 Å². The monoisotopic (exact) mass is 226 g/mol. The Morgan fingerprint density at radius 3 is 2.53 bits per heavy atom. The Hall–Kier alpha value is -1.36. The second-order valence-electron chi connectivity index (χ2n) is 3.69. The molecule has 2 heterocycles. The molecule has 0 aliphatic carbocycles. The maximum Gasteiger partial charge on any atom is 0.205 e.